The summed E-state index contributed by atoms with van der Waals surface area (Å²) in [5.41, 5.74) is -0.308. The first kappa shape index (κ1) is 9.31. The van der Waals surface area contributed by atoms with Gasteiger partial charge < -0.3 is 15.5 Å². The van der Waals surface area contributed by atoms with E-state index < -0.39 is 23.2 Å². The predicted molar refractivity (Wildman–Crippen MR) is 43.1 cm³/mol. The number of rotatable bonds is 1. The van der Waals surface area contributed by atoms with Crippen LogP contribution in [-0.4, -0.2) is 23.2 Å². The molecule has 1 rings (SSSR count). The van der Waals surface area contributed by atoms with E-state index in [-0.39, 0.29) is 5.56 Å². The summed E-state index contributed by atoms with van der Waals surface area (Å²) in [5, 5.41) is 20.0. The van der Waals surface area contributed by atoms with Crippen LogP contribution in [0.4, 0.5) is 4.39 Å². The number of nitrogens with one attached hydrogen (secondary N) is 1. The molecule has 0 aliphatic carbocycles. The standard InChI is InChI=1S/C8H8FNO3/c1-10-8(13)4-2-3-5(11)7(12)6(4)9/h2-3,11-12H,1H3,(H,10,13). The molecule has 5 heteroatoms. The first-order valence-corrected chi connectivity index (χ1v) is 3.50. The predicted octanol–water partition coefficient (Wildman–Crippen LogP) is 0.596. The van der Waals surface area contributed by atoms with Crippen molar-refractivity contribution in [3.63, 3.8) is 0 Å². The molecule has 4 nitrogen and oxygen atoms in total. The van der Waals surface area contributed by atoms with Crippen molar-refractivity contribution in [2.45, 2.75) is 0 Å². The highest BCUT2D eigenvalue weighted by Crippen LogP contribution is 2.29. The van der Waals surface area contributed by atoms with Gasteiger partial charge in [0.05, 0.1) is 5.56 Å². The number of carbonyl (C=O) groups is 1. The molecule has 0 aliphatic rings. The maximum absolute atomic E-state index is 13.0. The molecule has 0 aliphatic heterocycles. The second-order valence-corrected chi connectivity index (χ2v) is 2.37. The quantitative estimate of drug-likeness (QED) is 0.561. The van der Waals surface area contributed by atoms with E-state index in [1.54, 1.807) is 0 Å². The fraction of sp³-hybridized carbons (Fsp3) is 0.125. The van der Waals surface area contributed by atoms with Crippen LogP contribution < -0.4 is 5.32 Å². The molecule has 0 atom stereocenters. The maximum Gasteiger partial charge on any atom is 0.254 e. The summed E-state index contributed by atoms with van der Waals surface area (Å²) in [6, 6.07) is 2.13. The minimum Gasteiger partial charge on any atom is -0.504 e. The lowest BCUT2D eigenvalue weighted by Crippen LogP contribution is -2.19. The van der Waals surface area contributed by atoms with E-state index in [0.29, 0.717) is 0 Å². The highest BCUT2D eigenvalue weighted by Gasteiger charge is 2.16. The summed E-state index contributed by atoms with van der Waals surface area (Å²) >= 11 is 0. The molecule has 0 saturated heterocycles. The van der Waals surface area contributed by atoms with Crippen molar-refractivity contribution in [3.05, 3.63) is 23.5 Å². The molecule has 1 aromatic rings. The number of halogens is 1. The fourth-order valence-electron chi connectivity index (χ4n) is 0.864. The summed E-state index contributed by atoms with van der Waals surface area (Å²) in [4.78, 5) is 11.0. The number of phenols is 2. The summed E-state index contributed by atoms with van der Waals surface area (Å²) in [5.74, 6) is -3.29. The summed E-state index contributed by atoms with van der Waals surface area (Å²) in [6.45, 7) is 0. The van der Waals surface area contributed by atoms with E-state index >= 15 is 0 Å². The third-order valence-electron chi connectivity index (χ3n) is 1.57. The Morgan fingerprint density at radius 3 is 2.62 bits per heavy atom. The highest BCUT2D eigenvalue weighted by atomic mass is 19.1. The molecular formula is C8H8FNO3. The van der Waals surface area contributed by atoms with Gasteiger partial charge in [0.15, 0.2) is 17.3 Å². The van der Waals surface area contributed by atoms with Gasteiger partial charge in [0.2, 0.25) is 0 Å². The molecule has 0 heterocycles. The van der Waals surface area contributed by atoms with Crippen LogP contribution in [0.25, 0.3) is 0 Å². The molecule has 0 fully saturated rings. The van der Waals surface area contributed by atoms with Gasteiger partial charge in [-0.15, -0.1) is 0 Å². The zero-order chi connectivity index (χ0) is 10.0. The minimum absolute atomic E-state index is 0.308. The molecule has 0 radical (unpaired) electrons. The van der Waals surface area contributed by atoms with Crippen molar-refractivity contribution >= 4 is 5.91 Å². The van der Waals surface area contributed by atoms with Gasteiger partial charge in [-0.1, -0.05) is 0 Å². The molecule has 1 amide bonds. The highest BCUT2D eigenvalue weighted by molar-refractivity contribution is 5.94. The van der Waals surface area contributed by atoms with Gasteiger partial charge in [-0.3, -0.25) is 4.79 Å². The second kappa shape index (κ2) is 3.30. The largest absolute Gasteiger partial charge is 0.504 e. The van der Waals surface area contributed by atoms with Crippen molar-refractivity contribution in [1.29, 1.82) is 0 Å². The number of hydrogen-bond donors (Lipinski definition) is 3. The zero-order valence-electron chi connectivity index (χ0n) is 6.84. The Labute approximate surface area is 73.6 Å². The van der Waals surface area contributed by atoms with Crippen LogP contribution in [0, 0.1) is 5.82 Å². The van der Waals surface area contributed by atoms with E-state index in [4.69, 9.17) is 10.2 Å². The third kappa shape index (κ3) is 1.53. The Morgan fingerprint density at radius 2 is 2.08 bits per heavy atom. The number of phenolic OH excluding ortho intramolecular Hbond substituents is 2. The van der Waals surface area contributed by atoms with Gasteiger partial charge in [-0.05, 0) is 12.1 Å². The van der Waals surface area contributed by atoms with Crippen molar-refractivity contribution in [2.24, 2.45) is 0 Å². The second-order valence-electron chi connectivity index (χ2n) is 2.37. The van der Waals surface area contributed by atoms with Crippen LogP contribution in [0.5, 0.6) is 11.5 Å². The first-order valence-electron chi connectivity index (χ1n) is 3.50. The van der Waals surface area contributed by atoms with Crippen molar-refractivity contribution in [2.75, 3.05) is 7.05 Å². The molecule has 0 spiro atoms. The normalized spacial score (nSPS) is 9.69. The van der Waals surface area contributed by atoms with Gasteiger partial charge in [-0.2, -0.15) is 0 Å². The first-order chi connectivity index (χ1) is 6.07. The zero-order valence-corrected chi connectivity index (χ0v) is 6.84. The van der Waals surface area contributed by atoms with Gasteiger partial charge in [0, 0.05) is 7.05 Å². The molecule has 1 aromatic carbocycles. The van der Waals surface area contributed by atoms with Crippen LogP contribution in [0.3, 0.4) is 0 Å². The smallest absolute Gasteiger partial charge is 0.254 e. The van der Waals surface area contributed by atoms with Crippen molar-refractivity contribution in [3.8, 4) is 11.5 Å². The lowest BCUT2D eigenvalue weighted by molar-refractivity contribution is 0.0958. The van der Waals surface area contributed by atoms with Crippen molar-refractivity contribution < 1.29 is 19.4 Å². The van der Waals surface area contributed by atoms with Crippen LogP contribution in [0.2, 0.25) is 0 Å². The van der Waals surface area contributed by atoms with Gasteiger partial charge in [-0.25, -0.2) is 4.39 Å². The van der Waals surface area contributed by atoms with Gasteiger partial charge in [0.1, 0.15) is 0 Å². The Balaban J connectivity index is 3.26. The van der Waals surface area contributed by atoms with E-state index in [1.807, 2.05) is 0 Å². The molecule has 0 aromatic heterocycles. The maximum atomic E-state index is 13.0. The molecule has 70 valence electrons. The van der Waals surface area contributed by atoms with Gasteiger partial charge in [0.25, 0.3) is 5.91 Å². The fourth-order valence-corrected chi connectivity index (χ4v) is 0.864. The summed E-state index contributed by atoms with van der Waals surface area (Å²) in [7, 11) is 1.34. The van der Waals surface area contributed by atoms with E-state index in [0.717, 1.165) is 12.1 Å². The molecule has 3 N–H and O–H groups in total. The molecule has 0 bridgehead atoms. The monoisotopic (exact) mass is 185 g/mol. The number of benzene rings is 1. The Morgan fingerprint density at radius 1 is 1.46 bits per heavy atom. The Bertz CT molecular complexity index is 351. The molecule has 13 heavy (non-hydrogen) atoms. The van der Waals surface area contributed by atoms with Crippen LogP contribution >= 0.6 is 0 Å². The van der Waals surface area contributed by atoms with E-state index in [9.17, 15) is 9.18 Å². The van der Waals surface area contributed by atoms with Gasteiger partial charge >= 0.3 is 0 Å². The number of hydrogen-bond acceptors (Lipinski definition) is 3. The number of amides is 1. The molecular weight excluding hydrogens is 177 g/mol. The molecule has 0 saturated carbocycles. The minimum atomic E-state index is -1.13. The summed E-state index contributed by atoms with van der Waals surface area (Å²) < 4.78 is 13.0. The van der Waals surface area contributed by atoms with Crippen molar-refractivity contribution in [1.82, 2.24) is 5.32 Å². The average molecular weight is 185 g/mol. The van der Waals surface area contributed by atoms with Crippen LogP contribution in [-0.2, 0) is 0 Å². The number of aromatic hydroxyl groups is 2. The lowest BCUT2D eigenvalue weighted by atomic mass is 10.1. The molecule has 0 unspecified atom stereocenters. The van der Waals surface area contributed by atoms with Crippen LogP contribution in [0.15, 0.2) is 12.1 Å². The average Bonchev–Trinajstić information content (AvgIpc) is 2.13. The third-order valence-corrected chi connectivity index (χ3v) is 1.57. The van der Waals surface area contributed by atoms with Crippen LogP contribution in [0.1, 0.15) is 10.4 Å². The summed E-state index contributed by atoms with van der Waals surface area (Å²) in [6.07, 6.45) is 0. The number of carbonyl (C=O) groups excluding carboxylic acids is 1. The lowest BCUT2D eigenvalue weighted by Gasteiger charge is -2.04. The van der Waals surface area contributed by atoms with E-state index in [1.165, 1.54) is 7.05 Å². The van der Waals surface area contributed by atoms with E-state index in [2.05, 4.69) is 5.32 Å². The SMILES string of the molecule is CNC(=O)c1ccc(O)c(O)c1F. The topological polar surface area (TPSA) is 69.6 Å². The Kier molecular flexibility index (Phi) is 2.36. The Hall–Kier alpha value is -1.78.